The highest BCUT2D eigenvalue weighted by Gasteiger charge is 2.17. The van der Waals surface area contributed by atoms with Gasteiger partial charge in [0.25, 0.3) is 0 Å². The van der Waals surface area contributed by atoms with Crippen LogP contribution < -0.4 is 9.46 Å². The van der Waals surface area contributed by atoms with Crippen LogP contribution in [0.2, 0.25) is 5.02 Å². The van der Waals surface area contributed by atoms with Gasteiger partial charge < -0.3 is 9.47 Å². The largest absolute Gasteiger partial charge is 0.490 e. The van der Waals surface area contributed by atoms with Crippen LogP contribution in [0.15, 0.2) is 47.4 Å². The van der Waals surface area contributed by atoms with Crippen molar-refractivity contribution in [3.8, 4) is 5.75 Å². The molecule has 0 saturated carbocycles. The number of rotatable bonds is 10. The first-order valence-corrected chi connectivity index (χ1v) is 11.3. The van der Waals surface area contributed by atoms with E-state index in [1.165, 1.54) is 11.8 Å². The minimum Gasteiger partial charge on any atom is -0.490 e. The molecule has 1 N–H and O–H groups in total. The second-order valence-corrected chi connectivity index (χ2v) is 9.44. The molecule has 0 spiro atoms. The summed E-state index contributed by atoms with van der Waals surface area (Å²) < 4.78 is 38.1. The predicted molar refractivity (Wildman–Crippen MR) is 111 cm³/mol. The number of thioether (sulfide) groups is 1. The van der Waals surface area contributed by atoms with Crippen LogP contribution >= 0.6 is 23.4 Å². The lowest BCUT2D eigenvalue weighted by Gasteiger charge is -2.15. The van der Waals surface area contributed by atoms with Gasteiger partial charge in [0.1, 0.15) is 12.4 Å². The van der Waals surface area contributed by atoms with Crippen LogP contribution in [0.4, 0.5) is 0 Å². The maximum absolute atomic E-state index is 12.4. The van der Waals surface area contributed by atoms with Crippen molar-refractivity contribution >= 4 is 33.4 Å². The maximum Gasteiger partial charge on any atom is 0.241 e. The van der Waals surface area contributed by atoms with E-state index < -0.39 is 10.0 Å². The molecular formula is C19H24ClNO4S2. The summed E-state index contributed by atoms with van der Waals surface area (Å²) in [5.74, 6) is 1.22. The van der Waals surface area contributed by atoms with Crippen molar-refractivity contribution in [1.29, 1.82) is 0 Å². The second-order valence-electron chi connectivity index (χ2n) is 5.99. The van der Waals surface area contributed by atoms with Crippen LogP contribution in [0.25, 0.3) is 0 Å². The summed E-state index contributed by atoms with van der Waals surface area (Å²) in [6.07, 6.45) is 0. The Balaban J connectivity index is 1.93. The predicted octanol–water partition coefficient (Wildman–Crippen LogP) is 4.23. The molecule has 0 aliphatic rings. The number of sulfonamides is 1. The van der Waals surface area contributed by atoms with Crippen molar-refractivity contribution in [3.63, 3.8) is 0 Å². The number of benzene rings is 2. The monoisotopic (exact) mass is 429 g/mol. The lowest BCUT2D eigenvalue weighted by Crippen LogP contribution is -2.30. The molecule has 0 bridgehead atoms. The second kappa shape index (κ2) is 10.3. The highest BCUT2D eigenvalue weighted by Crippen LogP contribution is 2.28. The topological polar surface area (TPSA) is 64.6 Å². The smallest absolute Gasteiger partial charge is 0.241 e. The first kappa shape index (κ1) is 22.0. The van der Waals surface area contributed by atoms with Crippen LogP contribution in [-0.2, 0) is 20.5 Å². The van der Waals surface area contributed by atoms with Gasteiger partial charge in [0, 0.05) is 12.9 Å². The Hall–Kier alpha value is -1.25. The molecule has 0 aromatic heterocycles. The van der Waals surface area contributed by atoms with E-state index in [1.54, 1.807) is 37.4 Å². The number of halogens is 1. The van der Waals surface area contributed by atoms with Gasteiger partial charge in [-0.3, -0.25) is 0 Å². The van der Waals surface area contributed by atoms with Crippen molar-refractivity contribution in [2.75, 3.05) is 20.3 Å². The first-order valence-electron chi connectivity index (χ1n) is 8.42. The molecule has 1 atom stereocenters. The summed E-state index contributed by atoms with van der Waals surface area (Å²) >= 11 is 7.62. The Bertz CT molecular complexity index is 841. The molecule has 1 unspecified atom stereocenters. The lowest BCUT2D eigenvalue weighted by atomic mass is 10.2. The Morgan fingerprint density at radius 3 is 2.52 bits per heavy atom. The molecule has 0 aliphatic heterocycles. The summed E-state index contributed by atoms with van der Waals surface area (Å²) in [6.45, 7) is 4.64. The molecule has 2 aromatic carbocycles. The zero-order chi connectivity index (χ0) is 19.9. The van der Waals surface area contributed by atoms with Crippen LogP contribution in [0.3, 0.4) is 0 Å². The number of hydrogen-bond acceptors (Lipinski definition) is 5. The standard InChI is InChI=1S/C19H24ClNO4S2/c1-14-4-7-17(8-5-14)27(22,23)21-15(2)26-13-16-6-9-18(20)19(12-16)25-11-10-24-3/h4-9,12,15,21H,10-11,13H2,1-3H3. The van der Waals surface area contributed by atoms with Crippen LogP contribution in [-0.4, -0.2) is 34.1 Å². The van der Waals surface area contributed by atoms with Gasteiger partial charge in [-0.25, -0.2) is 8.42 Å². The average Bonchev–Trinajstić information content (AvgIpc) is 2.62. The van der Waals surface area contributed by atoms with Crippen molar-refractivity contribution < 1.29 is 17.9 Å². The van der Waals surface area contributed by atoms with Crippen molar-refractivity contribution in [2.24, 2.45) is 0 Å². The summed E-state index contributed by atoms with van der Waals surface area (Å²) in [4.78, 5) is 0.265. The molecule has 8 heteroatoms. The number of hydrogen-bond donors (Lipinski definition) is 1. The molecule has 0 amide bonds. The summed E-state index contributed by atoms with van der Waals surface area (Å²) in [7, 11) is -1.93. The Kier molecular flexibility index (Phi) is 8.44. The fourth-order valence-electron chi connectivity index (χ4n) is 2.24. The van der Waals surface area contributed by atoms with E-state index in [2.05, 4.69) is 4.72 Å². The molecule has 2 rings (SSSR count). The minimum absolute atomic E-state index is 0.265. The molecule has 0 heterocycles. The van der Waals surface area contributed by atoms with Crippen LogP contribution in [0.5, 0.6) is 5.75 Å². The number of aryl methyl sites for hydroxylation is 1. The molecule has 2 aromatic rings. The van der Waals surface area contributed by atoms with E-state index in [9.17, 15) is 8.42 Å². The molecule has 0 saturated heterocycles. The molecule has 0 fully saturated rings. The van der Waals surface area contributed by atoms with E-state index in [1.807, 2.05) is 26.0 Å². The summed E-state index contributed by atoms with van der Waals surface area (Å²) in [6, 6.07) is 12.3. The van der Waals surface area contributed by atoms with E-state index in [-0.39, 0.29) is 10.3 Å². The SMILES string of the molecule is COCCOc1cc(CSC(C)NS(=O)(=O)c2ccc(C)cc2)ccc1Cl. The molecule has 148 valence electrons. The lowest BCUT2D eigenvalue weighted by molar-refractivity contribution is 0.146. The number of nitrogens with one attached hydrogen (secondary N) is 1. The van der Waals surface area contributed by atoms with E-state index in [0.29, 0.717) is 29.7 Å². The third kappa shape index (κ3) is 7.01. The highest BCUT2D eigenvalue weighted by molar-refractivity contribution is 8.00. The molecule has 0 radical (unpaired) electrons. The van der Waals surface area contributed by atoms with Gasteiger partial charge in [0.15, 0.2) is 0 Å². The Morgan fingerprint density at radius 2 is 1.85 bits per heavy atom. The van der Waals surface area contributed by atoms with Gasteiger partial charge >= 0.3 is 0 Å². The van der Waals surface area contributed by atoms with Gasteiger partial charge in [-0.1, -0.05) is 35.4 Å². The Labute approximate surface area is 170 Å². The Morgan fingerprint density at radius 1 is 1.15 bits per heavy atom. The first-order chi connectivity index (χ1) is 12.8. The number of methoxy groups -OCH3 is 1. The third-order valence-electron chi connectivity index (χ3n) is 3.69. The maximum atomic E-state index is 12.4. The van der Waals surface area contributed by atoms with Crippen LogP contribution in [0, 0.1) is 6.92 Å². The average molecular weight is 430 g/mol. The highest BCUT2D eigenvalue weighted by atomic mass is 35.5. The summed E-state index contributed by atoms with van der Waals surface area (Å²) in [5.41, 5.74) is 2.01. The van der Waals surface area contributed by atoms with Gasteiger partial charge in [-0.05, 0) is 43.7 Å². The zero-order valence-corrected chi connectivity index (χ0v) is 18.0. The molecule has 27 heavy (non-hydrogen) atoms. The minimum atomic E-state index is -3.54. The van der Waals surface area contributed by atoms with Gasteiger partial charge in [0.2, 0.25) is 10.0 Å². The van der Waals surface area contributed by atoms with Crippen molar-refractivity contribution in [1.82, 2.24) is 4.72 Å². The van der Waals surface area contributed by atoms with Crippen LogP contribution in [0.1, 0.15) is 18.1 Å². The van der Waals surface area contributed by atoms with E-state index in [4.69, 9.17) is 21.1 Å². The summed E-state index contributed by atoms with van der Waals surface area (Å²) in [5, 5.41) is 0.248. The normalized spacial score (nSPS) is 12.7. The van der Waals surface area contributed by atoms with Crippen molar-refractivity contribution in [2.45, 2.75) is 29.9 Å². The van der Waals surface area contributed by atoms with E-state index >= 15 is 0 Å². The van der Waals surface area contributed by atoms with Crippen molar-refractivity contribution in [3.05, 3.63) is 58.6 Å². The fourth-order valence-corrected chi connectivity index (χ4v) is 4.76. The quantitative estimate of drug-likeness (QED) is 0.452. The zero-order valence-electron chi connectivity index (χ0n) is 15.6. The van der Waals surface area contributed by atoms with E-state index in [0.717, 1.165) is 11.1 Å². The fraction of sp³-hybridized carbons (Fsp3) is 0.368. The van der Waals surface area contributed by atoms with Gasteiger partial charge in [-0.2, -0.15) is 4.72 Å². The molecular weight excluding hydrogens is 406 g/mol. The van der Waals surface area contributed by atoms with Gasteiger partial charge in [-0.15, -0.1) is 11.8 Å². The number of ether oxygens (including phenoxy) is 2. The third-order valence-corrected chi connectivity index (χ3v) is 6.83. The van der Waals surface area contributed by atoms with Gasteiger partial charge in [0.05, 0.1) is 21.9 Å². The molecule has 0 aliphatic carbocycles. The molecule has 5 nitrogen and oxygen atoms in total.